The second kappa shape index (κ2) is 42.2. The van der Waals surface area contributed by atoms with Crippen LogP contribution < -0.4 is 16.0 Å². The predicted octanol–water partition coefficient (Wildman–Crippen LogP) is 7.02. The van der Waals surface area contributed by atoms with Crippen molar-refractivity contribution in [2.24, 2.45) is 0 Å². The summed E-state index contributed by atoms with van der Waals surface area (Å²) < 4.78 is 0. The Morgan fingerprint density at radius 2 is 0.780 bits per heavy atom. The van der Waals surface area contributed by atoms with Crippen LogP contribution >= 0.6 is 40.5 Å². The third kappa shape index (κ3) is 31.4. The minimum atomic E-state index is -1.33. The second-order valence-electron chi connectivity index (χ2n) is 18.8. The van der Waals surface area contributed by atoms with Gasteiger partial charge in [-0.05, 0) is 104 Å². The standard InChI is InChI=1S/C24H28N2O4.C18H24N2O5.C18H24N2O4.3H2S/c1-26(2)22(27)15-8-4-7-10-18-13-9-14-20(16-18)23(28)25-21(24(29)30)17-19-11-5-3-6-12-19;1-20(2)16(22)10-5-3-4-7-13-8-6-9-14(11-13)17(23)19-15(12-21)18(24)25;1-13(18(23)24)19-17(22)15-10-7-9-14(12-15)8-5-4-6-11-16(21)20(2)3;;;/h3,5-7,9-14,16,21H,4,8,15,17H2,1-2H3,(H,25,28)(H,29,30);4,6-9,11,15,21H,3,5,10,12H2,1-2H3,(H,19,23)(H,24,25);5,7-10,12-13H,4,6,11H2,1-3H3,(H,19,22)(H,23,24);3*1H2/b10-7-;7-4-;8-5-;;;/t21-;15-;13-;;;/m000.../s1. The number of carbonyl (C=O) groups is 9. The molecular weight excluding hydrogens is 1110 g/mol. The van der Waals surface area contributed by atoms with Gasteiger partial charge in [-0.3, -0.25) is 33.6 Å². The maximum absolute atomic E-state index is 12.6. The lowest BCUT2D eigenvalue weighted by Crippen LogP contribution is -2.43. The number of aliphatic carboxylic acids is 3. The Kier molecular flexibility index (Phi) is 39.3. The number of hydrogen-bond acceptors (Lipinski definition) is 10. The van der Waals surface area contributed by atoms with E-state index in [0.29, 0.717) is 36.0 Å². The highest BCUT2D eigenvalue weighted by Crippen LogP contribution is 2.13. The normalized spacial score (nSPS) is 11.5. The molecule has 6 amide bonds. The predicted molar refractivity (Wildman–Crippen MR) is 335 cm³/mol. The van der Waals surface area contributed by atoms with Crippen molar-refractivity contribution in [2.75, 3.05) is 48.9 Å². The van der Waals surface area contributed by atoms with Gasteiger partial charge in [-0.15, -0.1) is 0 Å². The number of carbonyl (C=O) groups excluding carboxylic acids is 6. The summed E-state index contributed by atoms with van der Waals surface area (Å²) in [6, 6.07) is 26.6. The number of unbranched alkanes of at least 4 members (excludes halogenated alkanes) is 3. The minimum Gasteiger partial charge on any atom is -0.480 e. The Hall–Kier alpha value is -7.66. The van der Waals surface area contributed by atoms with Gasteiger partial charge in [0.2, 0.25) is 17.7 Å². The van der Waals surface area contributed by atoms with Gasteiger partial charge in [-0.2, -0.15) is 40.5 Å². The molecule has 0 unspecified atom stereocenters. The summed E-state index contributed by atoms with van der Waals surface area (Å²) in [6.07, 6.45) is 17.7. The summed E-state index contributed by atoms with van der Waals surface area (Å²) in [7, 11) is 10.4. The number of hydrogen-bond donors (Lipinski definition) is 7. The molecule has 4 aromatic carbocycles. The lowest BCUT2D eigenvalue weighted by atomic mass is 10.0. The van der Waals surface area contributed by atoms with Crippen LogP contribution in [0.15, 0.2) is 121 Å². The molecule has 22 heteroatoms. The van der Waals surface area contributed by atoms with Crippen molar-refractivity contribution in [1.29, 1.82) is 0 Å². The number of nitrogens with one attached hydrogen (secondary N) is 3. The van der Waals surface area contributed by atoms with E-state index in [1.807, 2.05) is 85.0 Å². The second-order valence-corrected chi connectivity index (χ2v) is 18.8. The van der Waals surface area contributed by atoms with Crippen molar-refractivity contribution >= 4 is 112 Å². The zero-order valence-corrected chi connectivity index (χ0v) is 50.6. The topological polar surface area (TPSA) is 280 Å². The lowest BCUT2D eigenvalue weighted by molar-refractivity contribution is -0.140. The Morgan fingerprint density at radius 3 is 1.09 bits per heavy atom. The number of aliphatic hydroxyl groups is 1. The third-order valence-corrected chi connectivity index (χ3v) is 11.5. The molecule has 0 saturated heterocycles. The van der Waals surface area contributed by atoms with E-state index in [2.05, 4.69) is 16.0 Å². The van der Waals surface area contributed by atoms with Gasteiger partial charge in [0.1, 0.15) is 12.1 Å². The Labute approximate surface area is 502 Å². The maximum atomic E-state index is 12.6. The van der Waals surface area contributed by atoms with Gasteiger partial charge in [0.15, 0.2) is 6.04 Å². The molecule has 0 aliphatic rings. The van der Waals surface area contributed by atoms with Crippen LogP contribution in [0.3, 0.4) is 0 Å². The van der Waals surface area contributed by atoms with Gasteiger partial charge in [-0.1, -0.05) is 103 Å². The Bertz CT molecular complexity index is 2750. The highest BCUT2D eigenvalue weighted by molar-refractivity contribution is 7.59. The van der Waals surface area contributed by atoms with E-state index in [1.54, 1.807) is 112 Å². The molecule has 0 bridgehead atoms. The van der Waals surface area contributed by atoms with Crippen LogP contribution in [0.5, 0.6) is 0 Å². The first-order valence-corrected chi connectivity index (χ1v) is 25.7. The zero-order valence-electron chi connectivity index (χ0n) is 47.6. The summed E-state index contributed by atoms with van der Waals surface area (Å²) in [4.78, 5) is 109. The maximum Gasteiger partial charge on any atom is 0.328 e. The van der Waals surface area contributed by atoms with Crippen LogP contribution in [0.1, 0.15) is 118 Å². The molecule has 0 heterocycles. The van der Waals surface area contributed by atoms with Gasteiger partial charge in [0, 0.05) is 84.7 Å². The molecular formula is C60H82N6O13S3. The molecule has 0 aliphatic heterocycles. The van der Waals surface area contributed by atoms with E-state index in [9.17, 15) is 48.3 Å². The van der Waals surface area contributed by atoms with Crippen molar-refractivity contribution in [1.82, 2.24) is 30.7 Å². The summed E-state index contributed by atoms with van der Waals surface area (Å²) in [5.74, 6) is -4.55. The van der Waals surface area contributed by atoms with Crippen LogP contribution in [0.25, 0.3) is 18.2 Å². The summed E-state index contributed by atoms with van der Waals surface area (Å²) in [5, 5.41) is 43.4. The molecule has 0 aromatic heterocycles. The summed E-state index contributed by atoms with van der Waals surface area (Å²) in [6.45, 7) is 0.741. The molecule has 82 heavy (non-hydrogen) atoms. The van der Waals surface area contributed by atoms with E-state index in [4.69, 9.17) is 15.3 Å². The molecule has 0 fully saturated rings. The van der Waals surface area contributed by atoms with E-state index in [1.165, 1.54) is 6.92 Å². The van der Waals surface area contributed by atoms with Crippen molar-refractivity contribution in [3.63, 3.8) is 0 Å². The zero-order chi connectivity index (χ0) is 58.9. The van der Waals surface area contributed by atoms with Gasteiger partial charge < -0.3 is 51.1 Å². The van der Waals surface area contributed by atoms with Crippen LogP contribution in [-0.2, 0) is 35.2 Å². The van der Waals surface area contributed by atoms with Gasteiger partial charge in [0.25, 0.3) is 17.7 Å². The highest BCUT2D eigenvalue weighted by atomic mass is 32.1. The number of allylic oxidation sites excluding steroid dienone is 3. The van der Waals surface area contributed by atoms with Crippen LogP contribution in [0.2, 0.25) is 0 Å². The van der Waals surface area contributed by atoms with Crippen molar-refractivity contribution in [2.45, 2.75) is 89.3 Å². The first-order valence-electron chi connectivity index (χ1n) is 25.7. The Morgan fingerprint density at radius 1 is 0.451 bits per heavy atom. The van der Waals surface area contributed by atoms with Crippen LogP contribution in [0.4, 0.5) is 0 Å². The van der Waals surface area contributed by atoms with Crippen molar-refractivity contribution in [3.05, 3.63) is 160 Å². The SMILES string of the molecule is CN(C)C(=O)CCC/C=C\c1cccc(C(=O)N[C@@H](CO)C(=O)O)c1.CN(C)C(=O)CCC/C=C\c1cccc(C(=O)N[C@@H](Cc2ccccc2)C(=O)O)c1.C[C@H](NC(=O)c1cccc(/C=C\CCCC(=O)N(C)C)c1)C(=O)O.S.S.S. The average molecular weight is 1190 g/mol. The number of aliphatic hydroxyl groups excluding tert-OH is 1. The fraction of sp³-hybridized carbons (Fsp3) is 0.350. The summed E-state index contributed by atoms with van der Waals surface area (Å²) in [5.41, 5.74) is 4.45. The first-order chi connectivity index (χ1) is 37.5. The number of amides is 6. The number of benzene rings is 4. The van der Waals surface area contributed by atoms with Gasteiger partial charge in [0.05, 0.1) is 6.61 Å². The van der Waals surface area contributed by atoms with E-state index < -0.39 is 60.4 Å². The molecule has 19 nitrogen and oxygen atoms in total. The van der Waals surface area contributed by atoms with Crippen LogP contribution in [0, 0.1) is 0 Å². The molecule has 0 spiro atoms. The monoisotopic (exact) mass is 1190 g/mol. The highest BCUT2D eigenvalue weighted by Gasteiger charge is 2.22. The molecule has 4 rings (SSSR count). The number of carboxylic acids is 3. The van der Waals surface area contributed by atoms with Gasteiger partial charge in [-0.25, -0.2) is 9.59 Å². The molecule has 0 radical (unpaired) electrons. The number of rotatable bonds is 27. The Balaban J connectivity index is 0. The van der Waals surface area contributed by atoms with E-state index in [0.717, 1.165) is 60.8 Å². The lowest BCUT2D eigenvalue weighted by Gasteiger charge is -2.15. The molecule has 0 saturated carbocycles. The smallest absolute Gasteiger partial charge is 0.328 e. The molecule has 4 aromatic rings. The molecule has 3 atom stereocenters. The molecule has 0 aliphatic carbocycles. The van der Waals surface area contributed by atoms with Gasteiger partial charge >= 0.3 is 17.9 Å². The van der Waals surface area contributed by atoms with Crippen molar-refractivity contribution in [3.8, 4) is 0 Å². The van der Waals surface area contributed by atoms with E-state index >= 15 is 0 Å². The van der Waals surface area contributed by atoms with E-state index in [-0.39, 0.29) is 64.6 Å². The minimum absolute atomic E-state index is 0. The fourth-order valence-electron chi connectivity index (χ4n) is 6.85. The average Bonchev–Trinajstić information content (AvgIpc) is 3.42. The van der Waals surface area contributed by atoms with Crippen LogP contribution in [-0.4, -0.2) is 155 Å². The quantitative estimate of drug-likeness (QED) is 0.0296. The number of carboxylic acid groups (broad SMARTS) is 3. The molecule has 448 valence electrons. The molecule has 7 N–H and O–H groups in total. The summed E-state index contributed by atoms with van der Waals surface area (Å²) >= 11 is 0. The third-order valence-electron chi connectivity index (χ3n) is 11.5. The number of nitrogens with zero attached hydrogens (tertiary/aromatic N) is 3. The first kappa shape index (κ1) is 76.4. The fourth-order valence-corrected chi connectivity index (χ4v) is 6.85. The largest absolute Gasteiger partial charge is 0.480 e. The van der Waals surface area contributed by atoms with Crippen molar-refractivity contribution < 1.29 is 63.6 Å².